The fourth-order valence-electron chi connectivity index (χ4n) is 4.35. The van der Waals surface area contributed by atoms with Gasteiger partial charge in [-0.25, -0.2) is 4.52 Å². The van der Waals surface area contributed by atoms with Crippen molar-refractivity contribution in [2.24, 2.45) is 5.92 Å². The number of alkyl halides is 3. The Hall–Kier alpha value is -2.92. The summed E-state index contributed by atoms with van der Waals surface area (Å²) >= 11 is 6.25. The number of hydrogen-bond acceptors (Lipinski definition) is 5. The number of piperazine rings is 1. The van der Waals surface area contributed by atoms with Crippen LogP contribution in [0.15, 0.2) is 24.4 Å². The maximum absolute atomic E-state index is 13.6. The molecule has 0 bridgehead atoms. The van der Waals surface area contributed by atoms with Crippen LogP contribution in [0, 0.1) is 5.92 Å². The lowest BCUT2D eigenvalue weighted by molar-refractivity contribution is -0.142. The first kappa shape index (κ1) is 25.2. The van der Waals surface area contributed by atoms with Crippen molar-refractivity contribution in [3.8, 4) is 0 Å². The Bertz CT molecular complexity index is 1200. The fourth-order valence-corrected chi connectivity index (χ4v) is 4.60. The third-order valence-electron chi connectivity index (χ3n) is 6.40. The molecule has 0 radical (unpaired) electrons. The summed E-state index contributed by atoms with van der Waals surface area (Å²) in [7, 11) is 0. The molecule has 1 saturated heterocycles. The molecule has 2 aliphatic rings. The van der Waals surface area contributed by atoms with Crippen molar-refractivity contribution >= 4 is 34.7 Å². The number of carbonyl (C=O) groups excluding carboxylic acids is 3. The van der Waals surface area contributed by atoms with Gasteiger partial charge in [-0.2, -0.15) is 18.3 Å². The van der Waals surface area contributed by atoms with Gasteiger partial charge >= 0.3 is 6.18 Å². The molecule has 8 nitrogen and oxygen atoms in total. The number of fused-ring (bicyclic) bond motifs is 1. The molecule has 188 valence electrons. The van der Waals surface area contributed by atoms with E-state index in [1.165, 1.54) is 9.80 Å². The molecule has 1 aliphatic heterocycles. The minimum atomic E-state index is -4.84. The molecular formula is C23H24ClF3N4O4. The normalized spacial score (nSPS) is 21.8. The topological polar surface area (TPSA) is 95.2 Å². The number of rotatable bonds is 4. The third-order valence-corrected chi connectivity index (χ3v) is 6.77. The van der Waals surface area contributed by atoms with E-state index in [4.69, 9.17) is 11.6 Å². The standard InChI is InChI=1S/C23H24ClF3N4O4/c1-13(32)15-10-17-20(24)21(28-31(17)18(11-15)23(25,26)27)22(35)30-9-8-29(19(34)12-30)7-6-14-2-4-16(33)5-3-14/h6-7,10-11,14,16,33H,2-5,8-9,12H2,1H3. The third kappa shape index (κ3) is 5.20. The monoisotopic (exact) mass is 512 g/mol. The van der Waals surface area contributed by atoms with Crippen molar-refractivity contribution in [1.82, 2.24) is 19.4 Å². The molecule has 12 heteroatoms. The van der Waals surface area contributed by atoms with Crippen molar-refractivity contribution in [2.45, 2.75) is 44.9 Å². The molecule has 0 unspecified atom stereocenters. The van der Waals surface area contributed by atoms with Gasteiger partial charge in [-0.05, 0) is 50.7 Å². The number of carbonyl (C=O) groups is 3. The lowest BCUT2D eigenvalue weighted by atomic mass is 9.87. The number of nitrogens with zero attached hydrogens (tertiary/aromatic N) is 4. The first-order valence-corrected chi connectivity index (χ1v) is 11.6. The summed E-state index contributed by atoms with van der Waals surface area (Å²) in [6, 6.07) is 1.82. The van der Waals surface area contributed by atoms with Gasteiger partial charge in [-0.3, -0.25) is 14.4 Å². The van der Waals surface area contributed by atoms with E-state index in [2.05, 4.69) is 5.10 Å². The molecule has 1 aliphatic carbocycles. The van der Waals surface area contributed by atoms with Gasteiger partial charge in [0.05, 0.1) is 16.6 Å². The molecule has 0 aromatic carbocycles. The molecule has 0 spiro atoms. The smallest absolute Gasteiger partial charge is 0.393 e. The van der Waals surface area contributed by atoms with E-state index in [0.717, 1.165) is 38.7 Å². The molecule has 3 heterocycles. The Balaban J connectivity index is 1.53. The fraction of sp³-hybridized carbons (Fsp3) is 0.478. The SMILES string of the molecule is CC(=O)c1cc(C(F)(F)F)n2nc(C(=O)N3CCN(C=CC4CCC(O)CC4)C(=O)C3)c(Cl)c2c1. The molecule has 2 aromatic heterocycles. The Morgan fingerprint density at radius 2 is 1.86 bits per heavy atom. The van der Waals surface area contributed by atoms with Crippen LogP contribution < -0.4 is 0 Å². The van der Waals surface area contributed by atoms with Crippen molar-refractivity contribution in [1.29, 1.82) is 0 Å². The second-order valence-electron chi connectivity index (χ2n) is 8.87. The maximum Gasteiger partial charge on any atom is 0.433 e. The van der Waals surface area contributed by atoms with Gasteiger partial charge in [0.2, 0.25) is 5.91 Å². The molecule has 35 heavy (non-hydrogen) atoms. The first-order valence-electron chi connectivity index (χ1n) is 11.2. The van der Waals surface area contributed by atoms with Crippen LogP contribution in [0.2, 0.25) is 5.02 Å². The van der Waals surface area contributed by atoms with Crippen LogP contribution in [0.4, 0.5) is 13.2 Å². The van der Waals surface area contributed by atoms with Crippen LogP contribution in [0.1, 0.15) is 59.1 Å². The van der Waals surface area contributed by atoms with Gasteiger partial charge in [0, 0.05) is 24.9 Å². The predicted octanol–water partition coefficient (Wildman–Crippen LogP) is 3.56. The molecule has 2 aromatic rings. The predicted molar refractivity (Wildman–Crippen MR) is 120 cm³/mol. The van der Waals surface area contributed by atoms with E-state index in [1.807, 2.05) is 6.08 Å². The molecule has 1 N–H and O–H groups in total. The summed E-state index contributed by atoms with van der Waals surface area (Å²) < 4.78 is 41.3. The summed E-state index contributed by atoms with van der Waals surface area (Å²) in [4.78, 5) is 40.1. The van der Waals surface area contributed by atoms with Crippen LogP contribution >= 0.6 is 11.6 Å². The quantitative estimate of drug-likeness (QED) is 0.632. The van der Waals surface area contributed by atoms with Crippen LogP contribution in [0.3, 0.4) is 0 Å². The number of ketones is 1. The molecule has 2 amide bonds. The molecule has 4 rings (SSSR count). The van der Waals surface area contributed by atoms with Gasteiger partial charge in [0.1, 0.15) is 12.2 Å². The number of amides is 2. The zero-order chi connectivity index (χ0) is 25.5. The maximum atomic E-state index is 13.6. The number of pyridine rings is 1. The van der Waals surface area contributed by atoms with Crippen molar-refractivity contribution in [2.75, 3.05) is 19.6 Å². The Morgan fingerprint density at radius 3 is 2.46 bits per heavy atom. The molecule has 1 saturated carbocycles. The lowest BCUT2D eigenvalue weighted by Gasteiger charge is -2.32. The van der Waals surface area contributed by atoms with E-state index in [0.29, 0.717) is 10.6 Å². The van der Waals surface area contributed by atoms with E-state index in [1.54, 1.807) is 6.20 Å². The highest BCUT2D eigenvalue weighted by molar-refractivity contribution is 6.37. The van der Waals surface area contributed by atoms with Crippen LogP contribution in [-0.2, 0) is 11.0 Å². The Morgan fingerprint density at radius 1 is 1.17 bits per heavy atom. The summed E-state index contributed by atoms with van der Waals surface area (Å²) in [5.74, 6) is -1.44. The number of aliphatic hydroxyl groups excluding tert-OH is 1. The number of aliphatic hydroxyl groups is 1. The van der Waals surface area contributed by atoms with E-state index in [9.17, 15) is 32.7 Å². The van der Waals surface area contributed by atoms with Crippen LogP contribution in [0.25, 0.3) is 5.52 Å². The average Bonchev–Trinajstić information content (AvgIpc) is 3.13. The van der Waals surface area contributed by atoms with E-state index < -0.39 is 29.3 Å². The highest BCUT2D eigenvalue weighted by Gasteiger charge is 2.37. The lowest BCUT2D eigenvalue weighted by Crippen LogP contribution is -2.50. The summed E-state index contributed by atoms with van der Waals surface area (Å²) in [6.45, 7) is 1.21. The van der Waals surface area contributed by atoms with Crippen LogP contribution in [-0.4, -0.2) is 67.9 Å². The molecule has 0 atom stereocenters. The van der Waals surface area contributed by atoms with E-state index in [-0.39, 0.29) is 53.7 Å². The minimum Gasteiger partial charge on any atom is -0.393 e. The average molecular weight is 513 g/mol. The second-order valence-corrected chi connectivity index (χ2v) is 9.24. The van der Waals surface area contributed by atoms with Crippen molar-refractivity contribution in [3.05, 3.63) is 46.4 Å². The highest BCUT2D eigenvalue weighted by Crippen LogP contribution is 2.34. The highest BCUT2D eigenvalue weighted by atomic mass is 35.5. The number of Topliss-reactive ketones (excluding diaryl/α,β-unsaturated/α-hetero) is 1. The summed E-state index contributed by atoms with van der Waals surface area (Å²) in [6.07, 6.45) is 1.62. The molecular weight excluding hydrogens is 489 g/mol. The summed E-state index contributed by atoms with van der Waals surface area (Å²) in [5.41, 5.74) is -2.09. The number of allylic oxidation sites excluding steroid dienone is 1. The Kier molecular flexibility index (Phi) is 6.92. The zero-order valence-electron chi connectivity index (χ0n) is 18.9. The van der Waals surface area contributed by atoms with Crippen molar-refractivity contribution in [3.63, 3.8) is 0 Å². The Labute approximate surface area is 203 Å². The summed E-state index contributed by atoms with van der Waals surface area (Å²) in [5, 5.41) is 13.1. The van der Waals surface area contributed by atoms with Crippen LogP contribution in [0.5, 0.6) is 0 Å². The second kappa shape index (κ2) is 9.62. The van der Waals surface area contributed by atoms with Gasteiger partial charge in [-0.1, -0.05) is 17.7 Å². The zero-order valence-corrected chi connectivity index (χ0v) is 19.6. The number of aromatic nitrogens is 2. The number of halogens is 4. The first-order chi connectivity index (χ1) is 16.5. The minimum absolute atomic E-state index is 0.146. The number of hydrogen-bond donors (Lipinski definition) is 1. The van der Waals surface area contributed by atoms with Crippen molar-refractivity contribution < 1.29 is 32.7 Å². The molecule has 2 fully saturated rings. The van der Waals surface area contributed by atoms with Gasteiger partial charge in [0.25, 0.3) is 5.91 Å². The largest absolute Gasteiger partial charge is 0.433 e. The van der Waals surface area contributed by atoms with Gasteiger partial charge in [0.15, 0.2) is 11.5 Å². The van der Waals surface area contributed by atoms with E-state index >= 15 is 0 Å². The van der Waals surface area contributed by atoms with Gasteiger partial charge < -0.3 is 14.9 Å². The van der Waals surface area contributed by atoms with Gasteiger partial charge in [-0.15, -0.1) is 0 Å².